The van der Waals surface area contributed by atoms with E-state index >= 15 is 0 Å². The molecule has 0 aliphatic carbocycles. The molecule has 0 aromatic heterocycles. The van der Waals surface area contributed by atoms with Gasteiger partial charge in [-0.3, -0.25) is 10.1 Å². The molecule has 0 unspecified atom stereocenters. The van der Waals surface area contributed by atoms with E-state index in [1.165, 1.54) is 0 Å². The molecule has 0 saturated heterocycles. The minimum absolute atomic E-state index is 0.323. The summed E-state index contributed by atoms with van der Waals surface area (Å²) in [6.07, 6.45) is 0. The third kappa shape index (κ3) is 3.50. The highest BCUT2D eigenvalue weighted by molar-refractivity contribution is 9.10. The Morgan fingerprint density at radius 3 is 2.39 bits per heavy atom. The Bertz CT molecular complexity index is 594. The number of alkyl halides is 2. The van der Waals surface area contributed by atoms with E-state index in [9.17, 15) is 27.3 Å². The molecule has 1 aromatic rings. The van der Waals surface area contributed by atoms with Crippen molar-refractivity contribution in [1.29, 1.82) is 0 Å². The van der Waals surface area contributed by atoms with Crippen molar-refractivity contribution in [2.24, 2.45) is 0 Å². The maximum absolute atomic E-state index is 12.1. The summed E-state index contributed by atoms with van der Waals surface area (Å²) >= 11 is 2.70. The lowest BCUT2D eigenvalue weighted by Gasteiger charge is -2.08. The zero-order valence-corrected chi connectivity index (χ0v) is 11.3. The summed E-state index contributed by atoms with van der Waals surface area (Å²) in [6.45, 7) is -3.29. The van der Waals surface area contributed by atoms with E-state index in [0.717, 1.165) is 6.07 Å². The Labute approximate surface area is 112 Å². The minimum atomic E-state index is -4.23. The number of ether oxygens (including phenoxy) is 1. The van der Waals surface area contributed by atoms with E-state index in [1.54, 1.807) is 0 Å². The van der Waals surface area contributed by atoms with E-state index in [-0.39, 0.29) is 4.47 Å². The van der Waals surface area contributed by atoms with Gasteiger partial charge in [-0.1, -0.05) is 0 Å². The molecule has 1 aromatic carbocycles. The molecule has 18 heavy (non-hydrogen) atoms. The number of hydrogen-bond acceptors (Lipinski definition) is 5. The standard InChI is InChI=1S/C7H3BrClF2NO5S/c8-4-1-3(18(9,15)16)2-5(12(13)14)6(4)17-7(10)11/h1-2,7H. The zero-order valence-electron chi connectivity index (χ0n) is 8.14. The molecule has 0 N–H and O–H groups in total. The van der Waals surface area contributed by atoms with Gasteiger partial charge < -0.3 is 4.74 Å². The summed E-state index contributed by atoms with van der Waals surface area (Å²) in [4.78, 5) is 8.99. The van der Waals surface area contributed by atoms with Crippen LogP contribution in [-0.2, 0) is 9.05 Å². The first kappa shape index (κ1) is 15.1. The lowest BCUT2D eigenvalue weighted by Crippen LogP contribution is -2.06. The number of hydrogen-bond donors (Lipinski definition) is 0. The van der Waals surface area contributed by atoms with Crippen LogP contribution in [0.5, 0.6) is 5.75 Å². The van der Waals surface area contributed by atoms with E-state index in [4.69, 9.17) is 10.7 Å². The normalized spacial score (nSPS) is 11.6. The molecule has 100 valence electrons. The van der Waals surface area contributed by atoms with Gasteiger partial charge >= 0.3 is 12.3 Å². The topological polar surface area (TPSA) is 86.5 Å². The highest BCUT2D eigenvalue weighted by Crippen LogP contribution is 2.39. The Kier molecular flexibility index (Phi) is 4.46. The lowest BCUT2D eigenvalue weighted by molar-refractivity contribution is -0.386. The predicted molar refractivity (Wildman–Crippen MR) is 60.5 cm³/mol. The van der Waals surface area contributed by atoms with Crippen molar-refractivity contribution in [3.63, 3.8) is 0 Å². The van der Waals surface area contributed by atoms with Crippen molar-refractivity contribution < 1.29 is 26.9 Å². The van der Waals surface area contributed by atoms with Gasteiger partial charge in [-0.05, 0) is 22.0 Å². The maximum atomic E-state index is 12.1. The highest BCUT2D eigenvalue weighted by Gasteiger charge is 2.26. The highest BCUT2D eigenvalue weighted by atomic mass is 79.9. The van der Waals surface area contributed by atoms with Crippen LogP contribution < -0.4 is 4.74 Å². The monoisotopic (exact) mass is 365 g/mol. The van der Waals surface area contributed by atoms with Crippen LogP contribution in [0.1, 0.15) is 0 Å². The molecule has 0 amide bonds. The summed E-state index contributed by atoms with van der Waals surface area (Å²) in [5.74, 6) is -0.779. The molecule has 6 nitrogen and oxygen atoms in total. The van der Waals surface area contributed by atoms with Crippen LogP contribution in [0.2, 0.25) is 0 Å². The van der Waals surface area contributed by atoms with Gasteiger partial charge in [0.15, 0.2) is 0 Å². The lowest BCUT2D eigenvalue weighted by atomic mass is 10.3. The molecule has 0 aliphatic heterocycles. The van der Waals surface area contributed by atoms with E-state index in [0.29, 0.717) is 6.07 Å². The molecular formula is C7H3BrClF2NO5S. The Hall–Kier alpha value is -1.00. The summed E-state index contributed by atoms with van der Waals surface area (Å²) in [7, 11) is 0.773. The van der Waals surface area contributed by atoms with Crippen LogP contribution in [0, 0.1) is 10.1 Å². The van der Waals surface area contributed by atoms with Crippen molar-refractivity contribution in [2.45, 2.75) is 11.5 Å². The van der Waals surface area contributed by atoms with E-state index in [2.05, 4.69) is 20.7 Å². The van der Waals surface area contributed by atoms with Crippen molar-refractivity contribution >= 4 is 41.4 Å². The smallest absolute Gasteiger partial charge is 0.387 e. The van der Waals surface area contributed by atoms with Gasteiger partial charge in [0.2, 0.25) is 5.75 Å². The molecule has 0 saturated carbocycles. The second kappa shape index (κ2) is 5.33. The largest absolute Gasteiger partial charge is 0.426 e. The fourth-order valence-corrected chi connectivity index (χ4v) is 2.51. The Morgan fingerprint density at radius 2 is 2.00 bits per heavy atom. The fourth-order valence-electron chi connectivity index (χ4n) is 1.04. The van der Waals surface area contributed by atoms with Crippen LogP contribution in [0.3, 0.4) is 0 Å². The third-order valence-corrected chi connectivity index (χ3v) is 3.61. The Balaban J connectivity index is 3.51. The van der Waals surface area contributed by atoms with Gasteiger partial charge in [-0.15, -0.1) is 0 Å². The summed E-state index contributed by atoms with van der Waals surface area (Å²) in [5.41, 5.74) is -0.941. The van der Waals surface area contributed by atoms with Crippen molar-refractivity contribution in [3.05, 3.63) is 26.7 Å². The van der Waals surface area contributed by atoms with Crippen LogP contribution >= 0.6 is 26.6 Å². The Morgan fingerprint density at radius 1 is 1.44 bits per heavy atom. The SMILES string of the molecule is O=[N+]([O-])c1cc(S(=O)(=O)Cl)cc(Br)c1OC(F)F. The van der Waals surface area contributed by atoms with Crippen LogP contribution in [0.15, 0.2) is 21.5 Å². The molecule has 0 aliphatic rings. The van der Waals surface area contributed by atoms with Gasteiger partial charge in [0.05, 0.1) is 14.3 Å². The van der Waals surface area contributed by atoms with Gasteiger partial charge in [-0.25, -0.2) is 8.42 Å². The maximum Gasteiger partial charge on any atom is 0.387 e. The molecule has 0 heterocycles. The molecule has 0 atom stereocenters. The van der Waals surface area contributed by atoms with Gasteiger partial charge in [-0.2, -0.15) is 8.78 Å². The number of rotatable bonds is 4. The second-order valence-electron chi connectivity index (χ2n) is 2.83. The molecule has 0 spiro atoms. The molecule has 0 bridgehead atoms. The quantitative estimate of drug-likeness (QED) is 0.464. The third-order valence-electron chi connectivity index (χ3n) is 1.68. The van der Waals surface area contributed by atoms with Crippen molar-refractivity contribution in [3.8, 4) is 5.75 Å². The average molecular weight is 367 g/mol. The molecule has 0 radical (unpaired) electrons. The summed E-state index contributed by atoms with van der Waals surface area (Å²) in [6, 6.07) is 1.36. The number of nitrogens with zero attached hydrogens (tertiary/aromatic N) is 1. The minimum Gasteiger partial charge on any atom is -0.426 e. The van der Waals surface area contributed by atoms with Gasteiger partial charge in [0.1, 0.15) is 0 Å². The predicted octanol–water partition coefficient (Wildman–Crippen LogP) is 2.89. The van der Waals surface area contributed by atoms with E-state index < -0.39 is 36.9 Å². The molecule has 11 heteroatoms. The summed E-state index contributed by atoms with van der Waals surface area (Å²) < 4.78 is 49.8. The first-order valence-electron chi connectivity index (χ1n) is 4.00. The average Bonchev–Trinajstić information content (AvgIpc) is 2.17. The molecule has 1 rings (SSSR count). The first-order valence-corrected chi connectivity index (χ1v) is 7.10. The number of benzene rings is 1. The number of nitro groups is 1. The van der Waals surface area contributed by atoms with Crippen molar-refractivity contribution in [1.82, 2.24) is 0 Å². The van der Waals surface area contributed by atoms with E-state index in [1.807, 2.05) is 0 Å². The fraction of sp³-hybridized carbons (Fsp3) is 0.143. The van der Waals surface area contributed by atoms with Crippen molar-refractivity contribution in [2.75, 3.05) is 0 Å². The molecule has 0 fully saturated rings. The molecular weight excluding hydrogens is 363 g/mol. The van der Waals surface area contributed by atoms with Crippen LogP contribution in [0.4, 0.5) is 14.5 Å². The van der Waals surface area contributed by atoms with Crippen LogP contribution in [0.25, 0.3) is 0 Å². The first-order chi connectivity index (χ1) is 8.12. The number of nitro benzene ring substituents is 1. The van der Waals surface area contributed by atoms with Gasteiger partial charge in [0, 0.05) is 16.7 Å². The second-order valence-corrected chi connectivity index (χ2v) is 6.25. The van der Waals surface area contributed by atoms with Crippen LogP contribution in [-0.4, -0.2) is 20.0 Å². The summed E-state index contributed by atoms with van der Waals surface area (Å²) in [5, 5.41) is 10.7. The number of halogens is 4. The van der Waals surface area contributed by atoms with Gasteiger partial charge in [0.25, 0.3) is 9.05 Å². The zero-order chi connectivity index (χ0) is 14.1.